The molecule has 1 atom stereocenters. The molecule has 1 aromatic rings. The van der Waals surface area contributed by atoms with Crippen molar-refractivity contribution in [2.24, 2.45) is 0 Å². The van der Waals surface area contributed by atoms with Gasteiger partial charge in [-0.3, -0.25) is 0 Å². The van der Waals surface area contributed by atoms with E-state index < -0.39 is 10.8 Å². The van der Waals surface area contributed by atoms with Crippen LogP contribution in [0.1, 0.15) is 5.56 Å². The molecule has 1 unspecified atom stereocenters. The highest BCUT2D eigenvalue weighted by Gasteiger charge is 2.50. The van der Waals surface area contributed by atoms with Crippen LogP contribution in [0.25, 0.3) is 0 Å². The number of nitrogens with zero attached hydrogens (tertiary/aromatic N) is 1. The first-order valence-corrected chi connectivity index (χ1v) is 5.56. The van der Waals surface area contributed by atoms with E-state index in [2.05, 4.69) is 0 Å². The van der Waals surface area contributed by atoms with E-state index in [4.69, 9.17) is 0 Å². The molecule has 1 aromatic carbocycles. The molecule has 2 N–H and O–H groups in total. The van der Waals surface area contributed by atoms with Crippen LogP contribution in [0, 0.1) is 0 Å². The van der Waals surface area contributed by atoms with Crippen LogP contribution < -0.4 is 0 Å². The van der Waals surface area contributed by atoms with Gasteiger partial charge < -0.3 is 10.3 Å². The molecule has 80 valence electrons. The number of hydrogen-bond donors (Lipinski definition) is 2. The van der Waals surface area contributed by atoms with Crippen LogP contribution in [0.3, 0.4) is 0 Å². The Morgan fingerprint density at radius 3 is 2.53 bits per heavy atom. The average molecular weight is 225 g/mol. The summed E-state index contributed by atoms with van der Waals surface area (Å²) in [6.45, 7) is 0.367. The maximum absolute atomic E-state index is 11.3. The normalized spacial score (nSPS) is 26.7. The molecule has 1 aliphatic rings. The van der Waals surface area contributed by atoms with Gasteiger partial charge in [0.05, 0.1) is 0 Å². The standard InChI is InChI=1S/C10H11NO3S/c12-9(13)10(11(14)6-7-15-10)8-4-2-1-3-5-8/h1-5,14H,6-7H2,(H,12,13). The van der Waals surface area contributed by atoms with Gasteiger partial charge in [-0.25, -0.2) is 4.79 Å². The van der Waals surface area contributed by atoms with E-state index in [1.807, 2.05) is 6.07 Å². The second kappa shape index (κ2) is 3.84. The van der Waals surface area contributed by atoms with Gasteiger partial charge in [0.2, 0.25) is 4.87 Å². The Morgan fingerprint density at radius 2 is 2.07 bits per heavy atom. The quantitative estimate of drug-likeness (QED) is 0.795. The molecular weight excluding hydrogens is 214 g/mol. The number of carbonyl (C=O) groups is 1. The lowest BCUT2D eigenvalue weighted by atomic mass is 10.1. The molecule has 15 heavy (non-hydrogen) atoms. The zero-order chi connectivity index (χ0) is 10.9. The third-order valence-electron chi connectivity index (χ3n) is 2.43. The lowest BCUT2D eigenvalue weighted by Crippen LogP contribution is -2.43. The number of aliphatic carboxylic acids is 1. The monoisotopic (exact) mass is 225 g/mol. The fraction of sp³-hybridized carbons (Fsp3) is 0.300. The second-order valence-electron chi connectivity index (χ2n) is 3.29. The second-order valence-corrected chi connectivity index (χ2v) is 4.57. The maximum Gasteiger partial charge on any atom is 0.341 e. The smallest absolute Gasteiger partial charge is 0.341 e. The van der Waals surface area contributed by atoms with E-state index in [1.54, 1.807) is 24.3 Å². The van der Waals surface area contributed by atoms with E-state index in [0.717, 1.165) is 5.06 Å². The van der Waals surface area contributed by atoms with Crippen LogP contribution in [0.15, 0.2) is 30.3 Å². The zero-order valence-electron chi connectivity index (χ0n) is 7.96. The van der Waals surface area contributed by atoms with Gasteiger partial charge >= 0.3 is 5.97 Å². The van der Waals surface area contributed by atoms with Crippen LogP contribution in [0.5, 0.6) is 0 Å². The van der Waals surface area contributed by atoms with E-state index >= 15 is 0 Å². The van der Waals surface area contributed by atoms with Gasteiger partial charge in [-0.1, -0.05) is 30.3 Å². The van der Waals surface area contributed by atoms with Gasteiger partial charge in [0, 0.05) is 12.3 Å². The summed E-state index contributed by atoms with van der Waals surface area (Å²) in [6, 6.07) is 8.80. The van der Waals surface area contributed by atoms with E-state index in [9.17, 15) is 15.1 Å². The lowest BCUT2D eigenvalue weighted by Gasteiger charge is -2.29. The number of carboxylic acids is 1. The molecule has 0 saturated carbocycles. The first-order valence-electron chi connectivity index (χ1n) is 4.57. The van der Waals surface area contributed by atoms with Crippen molar-refractivity contribution >= 4 is 17.7 Å². The first kappa shape index (κ1) is 10.5. The van der Waals surface area contributed by atoms with Gasteiger partial charge in [-0.05, 0) is 5.56 Å². The summed E-state index contributed by atoms with van der Waals surface area (Å²) in [6.07, 6.45) is 0. The number of benzene rings is 1. The van der Waals surface area contributed by atoms with Gasteiger partial charge in [-0.2, -0.15) is 5.06 Å². The average Bonchev–Trinajstić information content (AvgIpc) is 2.62. The molecule has 1 fully saturated rings. The minimum absolute atomic E-state index is 0.367. The highest BCUT2D eigenvalue weighted by atomic mass is 32.2. The topological polar surface area (TPSA) is 60.8 Å². The highest BCUT2D eigenvalue weighted by Crippen LogP contribution is 2.43. The molecular formula is C10H11NO3S. The lowest BCUT2D eigenvalue weighted by molar-refractivity contribution is -0.173. The van der Waals surface area contributed by atoms with Crippen LogP contribution in [0.4, 0.5) is 0 Å². The number of thioether (sulfide) groups is 1. The van der Waals surface area contributed by atoms with Gasteiger partial charge in [0.1, 0.15) is 0 Å². The predicted molar refractivity (Wildman–Crippen MR) is 56.7 cm³/mol. The molecule has 1 saturated heterocycles. The molecule has 1 aliphatic heterocycles. The van der Waals surface area contributed by atoms with E-state index in [0.29, 0.717) is 17.9 Å². The maximum atomic E-state index is 11.3. The number of carboxylic acid groups (broad SMARTS) is 1. The van der Waals surface area contributed by atoms with Crippen LogP contribution in [-0.2, 0) is 9.67 Å². The van der Waals surface area contributed by atoms with Crippen molar-refractivity contribution in [3.05, 3.63) is 35.9 Å². The van der Waals surface area contributed by atoms with Gasteiger partial charge in [0.15, 0.2) is 0 Å². The van der Waals surface area contributed by atoms with Crippen LogP contribution in [0.2, 0.25) is 0 Å². The Balaban J connectivity index is 2.49. The summed E-state index contributed by atoms with van der Waals surface area (Å²) in [5, 5.41) is 19.9. The molecule has 0 spiro atoms. The molecule has 0 radical (unpaired) electrons. The Bertz CT molecular complexity index is 370. The Labute approximate surface area is 91.5 Å². The summed E-state index contributed by atoms with van der Waals surface area (Å²) >= 11 is 1.24. The van der Waals surface area contributed by atoms with Crippen LogP contribution in [-0.4, -0.2) is 33.6 Å². The minimum Gasteiger partial charge on any atom is -0.479 e. The Hall–Kier alpha value is -1.04. The molecule has 5 heteroatoms. The van der Waals surface area contributed by atoms with Crippen molar-refractivity contribution in [3.8, 4) is 0 Å². The van der Waals surface area contributed by atoms with Gasteiger partial charge in [0.25, 0.3) is 0 Å². The van der Waals surface area contributed by atoms with Crippen LogP contribution >= 0.6 is 11.8 Å². The molecule has 2 rings (SSSR count). The number of hydrogen-bond acceptors (Lipinski definition) is 4. The van der Waals surface area contributed by atoms with Crippen molar-refractivity contribution in [2.45, 2.75) is 4.87 Å². The molecule has 0 aliphatic carbocycles. The fourth-order valence-corrected chi connectivity index (χ4v) is 2.93. The fourth-order valence-electron chi connectivity index (χ4n) is 1.70. The zero-order valence-corrected chi connectivity index (χ0v) is 8.78. The third-order valence-corrected chi connectivity index (χ3v) is 3.86. The van der Waals surface area contributed by atoms with E-state index in [1.165, 1.54) is 11.8 Å². The van der Waals surface area contributed by atoms with Crippen molar-refractivity contribution < 1.29 is 15.1 Å². The predicted octanol–water partition coefficient (Wildman–Crippen LogP) is 1.36. The minimum atomic E-state index is -1.33. The number of rotatable bonds is 2. The molecule has 0 bridgehead atoms. The Morgan fingerprint density at radius 1 is 1.40 bits per heavy atom. The third kappa shape index (κ3) is 1.52. The van der Waals surface area contributed by atoms with Gasteiger partial charge in [-0.15, -0.1) is 11.8 Å². The summed E-state index contributed by atoms with van der Waals surface area (Å²) < 4.78 is 0. The van der Waals surface area contributed by atoms with E-state index in [-0.39, 0.29) is 0 Å². The summed E-state index contributed by atoms with van der Waals surface area (Å²) in [5.41, 5.74) is 0.600. The molecule has 0 amide bonds. The SMILES string of the molecule is O=C(O)C1(c2ccccc2)SCCN1O. The van der Waals surface area contributed by atoms with Crippen molar-refractivity contribution in [1.29, 1.82) is 0 Å². The summed E-state index contributed by atoms with van der Waals surface area (Å²) in [4.78, 5) is 9.98. The number of hydroxylamine groups is 2. The van der Waals surface area contributed by atoms with Crippen molar-refractivity contribution in [1.82, 2.24) is 5.06 Å². The molecule has 1 heterocycles. The Kier molecular flexibility index (Phi) is 2.68. The highest BCUT2D eigenvalue weighted by molar-refractivity contribution is 8.01. The summed E-state index contributed by atoms with van der Waals surface area (Å²) in [7, 11) is 0. The van der Waals surface area contributed by atoms with Crippen molar-refractivity contribution in [3.63, 3.8) is 0 Å². The molecule has 0 aromatic heterocycles. The molecule has 4 nitrogen and oxygen atoms in total. The first-order chi connectivity index (χ1) is 7.18. The van der Waals surface area contributed by atoms with Crippen molar-refractivity contribution in [2.75, 3.05) is 12.3 Å². The summed E-state index contributed by atoms with van der Waals surface area (Å²) in [5.74, 6) is -0.420. The largest absolute Gasteiger partial charge is 0.479 e.